The average molecular weight is 221 g/mol. The van der Waals surface area contributed by atoms with Gasteiger partial charge in [-0.2, -0.15) is 0 Å². The smallest absolute Gasteiger partial charge is 0.246 e. The average Bonchev–Trinajstić information content (AvgIpc) is 2.02. The number of ether oxygens (including phenoxy) is 1. The lowest BCUT2D eigenvalue weighted by atomic mass is 10.2. The molecule has 1 unspecified atom stereocenters. The van der Waals surface area contributed by atoms with E-state index in [0.717, 1.165) is 6.42 Å². The van der Waals surface area contributed by atoms with Gasteiger partial charge >= 0.3 is 0 Å². The van der Waals surface area contributed by atoms with Crippen LogP contribution in [0.4, 0.5) is 0 Å². The monoisotopic (exact) mass is 221 g/mol. The third-order valence-corrected chi connectivity index (χ3v) is 3.92. The van der Waals surface area contributed by atoms with Crippen LogP contribution in [0.2, 0.25) is 0 Å². The summed E-state index contributed by atoms with van der Waals surface area (Å²) in [4.78, 5) is 11.1. The first kappa shape index (κ1) is 11.5. The summed E-state index contributed by atoms with van der Waals surface area (Å²) in [6.07, 6.45) is 1.36. The van der Waals surface area contributed by atoms with E-state index >= 15 is 0 Å². The fourth-order valence-electron chi connectivity index (χ4n) is 1.54. The van der Waals surface area contributed by atoms with Crippen LogP contribution in [0.1, 0.15) is 12.8 Å². The van der Waals surface area contributed by atoms with E-state index in [1.54, 1.807) is 0 Å². The van der Waals surface area contributed by atoms with Crippen molar-refractivity contribution < 1.29 is 17.9 Å². The van der Waals surface area contributed by atoms with Crippen LogP contribution in [0.5, 0.6) is 0 Å². The van der Waals surface area contributed by atoms with Gasteiger partial charge in [-0.1, -0.05) is 0 Å². The van der Waals surface area contributed by atoms with E-state index in [2.05, 4.69) is 10.1 Å². The highest BCUT2D eigenvalue weighted by atomic mass is 32.2. The SMILES string of the molecule is COCC(=O)NC1CCCS(=O)(=O)C1. The Morgan fingerprint density at radius 1 is 1.57 bits per heavy atom. The molecule has 1 aliphatic heterocycles. The lowest BCUT2D eigenvalue weighted by molar-refractivity contribution is -0.125. The van der Waals surface area contributed by atoms with Crippen LogP contribution in [-0.2, 0) is 19.4 Å². The molecular weight excluding hydrogens is 206 g/mol. The van der Waals surface area contributed by atoms with Gasteiger partial charge in [0.05, 0.1) is 11.5 Å². The first-order chi connectivity index (χ1) is 6.53. The molecule has 0 bridgehead atoms. The molecule has 1 heterocycles. The van der Waals surface area contributed by atoms with Crippen LogP contribution in [0.25, 0.3) is 0 Å². The topological polar surface area (TPSA) is 72.5 Å². The van der Waals surface area contributed by atoms with Gasteiger partial charge in [-0.15, -0.1) is 0 Å². The molecule has 14 heavy (non-hydrogen) atoms. The Bertz CT molecular complexity index is 298. The number of rotatable bonds is 3. The Labute approximate surface area is 83.7 Å². The van der Waals surface area contributed by atoms with Crippen molar-refractivity contribution in [3.05, 3.63) is 0 Å². The van der Waals surface area contributed by atoms with Crippen molar-refractivity contribution in [2.75, 3.05) is 25.2 Å². The van der Waals surface area contributed by atoms with E-state index in [4.69, 9.17) is 0 Å². The zero-order chi connectivity index (χ0) is 10.6. The molecule has 1 saturated heterocycles. The molecule has 0 aliphatic carbocycles. The Morgan fingerprint density at radius 3 is 2.86 bits per heavy atom. The Morgan fingerprint density at radius 2 is 2.29 bits per heavy atom. The fourth-order valence-corrected chi connectivity index (χ4v) is 3.17. The van der Waals surface area contributed by atoms with Crippen LogP contribution in [0, 0.1) is 0 Å². The van der Waals surface area contributed by atoms with Crippen LogP contribution >= 0.6 is 0 Å². The van der Waals surface area contributed by atoms with E-state index in [9.17, 15) is 13.2 Å². The quantitative estimate of drug-likeness (QED) is 0.685. The highest BCUT2D eigenvalue weighted by Crippen LogP contribution is 2.11. The predicted molar refractivity (Wildman–Crippen MR) is 51.7 cm³/mol. The standard InChI is InChI=1S/C8H15NO4S/c1-13-5-8(10)9-7-3-2-4-14(11,12)6-7/h7H,2-6H2,1H3,(H,9,10). The van der Waals surface area contributed by atoms with Gasteiger partial charge in [-0.25, -0.2) is 8.42 Å². The molecular formula is C8H15NO4S. The molecule has 0 aromatic rings. The molecule has 1 aliphatic rings. The van der Waals surface area contributed by atoms with Gasteiger partial charge in [-0.05, 0) is 12.8 Å². The van der Waals surface area contributed by atoms with Gasteiger partial charge in [0.25, 0.3) is 0 Å². The predicted octanol–water partition coefficient (Wildman–Crippen LogP) is -0.674. The number of carbonyl (C=O) groups is 1. The molecule has 1 fully saturated rings. The summed E-state index contributed by atoms with van der Waals surface area (Å²) in [5, 5.41) is 2.63. The maximum absolute atomic E-state index is 11.2. The van der Waals surface area contributed by atoms with Gasteiger partial charge in [0.2, 0.25) is 5.91 Å². The molecule has 1 N–H and O–H groups in total. The van der Waals surface area contributed by atoms with Crippen LogP contribution in [-0.4, -0.2) is 45.6 Å². The largest absolute Gasteiger partial charge is 0.375 e. The molecule has 1 atom stereocenters. The Hall–Kier alpha value is -0.620. The van der Waals surface area contributed by atoms with Gasteiger partial charge in [-0.3, -0.25) is 4.79 Å². The second-order valence-electron chi connectivity index (χ2n) is 3.45. The molecule has 0 aromatic heterocycles. The van der Waals surface area contributed by atoms with Gasteiger partial charge in [0.15, 0.2) is 9.84 Å². The highest BCUT2D eigenvalue weighted by Gasteiger charge is 2.25. The normalized spacial score (nSPS) is 25.6. The summed E-state index contributed by atoms with van der Waals surface area (Å²) in [5.41, 5.74) is 0. The van der Waals surface area contributed by atoms with E-state index < -0.39 is 9.84 Å². The minimum Gasteiger partial charge on any atom is -0.375 e. The number of amides is 1. The van der Waals surface area contributed by atoms with E-state index in [1.807, 2.05) is 0 Å². The highest BCUT2D eigenvalue weighted by molar-refractivity contribution is 7.91. The van der Waals surface area contributed by atoms with E-state index in [-0.39, 0.29) is 30.1 Å². The summed E-state index contributed by atoms with van der Waals surface area (Å²) >= 11 is 0. The molecule has 82 valence electrons. The minimum absolute atomic E-state index is 0.0173. The Kier molecular flexibility index (Phi) is 3.88. The fraction of sp³-hybridized carbons (Fsp3) is 0.875. The number of nitrogens with one attached hydrogen (secondary N) is 1. The molecule has 1 rings (SSSR count). The van der Waals surface area contributed by atoms with Crippen molar-refractivity contribution in [1.82, 2.24) is 5.32 Å². The number of hydrogen-bond acceptors (Lipinski definition) is 4. The molecule has 0 radical (unpaired) electrons. The second kappa shape index (κ2) is 4.75. The van der Waals surface area contributed by atoms with Crippen molar-refractivity contribution >= 4 is 15.7 Å². The maximum atomic E-state index is 11.2. The van der Waals surface area contributed by atoms with Crippen molar-refractivity contribution in [3.8, 4) is 0 Å². The minimum atomic E-state index is -2.95. The first-order valence-corrected chi connectivity index (χ1v) is 6.34. The summed E-state index contributed by atoms with van der Waals surface area (Å²) in [7, 11) is -1.52. The van der Waals surface area contributed by atoms with Crippen molar-refractivity contribution in [3.63, 3.8) is 0 Å². The second-order valence-corrected chi connectivity index (χ2v) is 5.68. The summed E-state index contributed by atoms with van der Waals surface area (Å²) in [6, 6.07) is -0.239. The molecule has 1 amide bonds. The van der Waals surface area contributed by atoms with Gasteiger partial charge in [0.1, 0.15) is 6.61 Å². The van der Waals surface area contributed by atoms with Crippen molar-refractivity contribution in [2.24, 2.45) is 0 Å². The van der Waals surface area contributed by atoms with Crippen molar-refractivity contribution in [1.29, 1.82) is 0 Å². The lowest BCUT2D eigenvalue weighted by Crippen LogP contribution is -2.44. The molecule has 5 nitrogen and oxygen atoms in total. The summed E-state index contributed by atoms with van der Waals surface area (Å²) < 4.78 is 27.1. The molecule has 6 heteroatoms. The molecule has 0 spiro atoms. The van der Waals surface area contributed by atoms with Crippen LogP contribution < -0.4 is 5.32 Å². The zero-order valence-electron chi connectivity index (χ0n) is 8.15. The number of methoxy groups -OCH3 is 1. The van der Waals surface area contributed by atoms with Crippen LogP contribution in [0.15, 0.2) is 0 Å². The number of hydrogen-bond donors (Lipinski definition) is 1. The zero-order valence-corrected chi connectivity index (χ0v) is 8.97. The third kappa shape index (κ3) is 3.63. The van der Waals surface area contributed by atoms with E-state index in [0.29, 0.717) is 6.42 Å². The summed E-state index contributed by atoms with van der Waals surface area (Å²) in [6.45, 7) is -0.0173. The van der Waals surface area contributed by atoms with Crippen LogP contribution in [0.3, 0.4) is 0 Å². The number of carbonyl (C=O) groups excluding carboxylic acids is 1. The van der Waals surface area contributed by atoms with Gasteiger partial charge < -0.3 is 10.1 Å². The summed E-state index contributed by atoms with van der Waals surface area (Å²) in [5.74, 6) is 0.0427. The molecule has 0 saturated carbocycles. The van der Waals surface area contributed by atoms with Gasteiger partial charge in [0, 0.05) is 13.2 Å². The Balaban J connectivity index is 2.42. The number of sulfone groups is 1. The lowest BCUT2D eigenvalue weighted by Gasteiger charge is -2.22. The van der Waals surface area contributed by atoms with E-state index in [1.165, 1.54) is 7.11 Å². The maximum Gasteiger partial charge on any atom is 0.246 e. The van der Waals surface area contributed by atoms with Crippen molar-refractivity contribution in [2.45, 2.75) is 18.9 Å². The third-order valence-electron chi connectivity index (χ3n) is 2.10. The molecule has 0 aromatic carbocycles. The first-order valence-electron chi connectivity index (χ1n) is 4.52.